The molecule has 0 unspecified atom stereocenters. The molecule has 6 nitrogen and oxygen atoms in total. The quantitative estimate of drug-likeness (QED) is 0.782. The van der Waals surface area contributed by atoms with E-state index >= 15 is 0 Å². The maximum Gasteiger partial charge on any atom is 0.338 e. The van der Waals surface area contributed by atoms with Gasteiger partial charge in [0, 0.05) is 12.6 Å². The Hall–Kier alpha value is -1.15. The minimum atomic E-state index is -3.69. The van der Waals surface area contributed by atoms with Crippen LogP contribution in [0, 0.1) is 6.92 Å². The first-order valence-corrected chi connectivity index (χ1v) is 7.21. The molecule has 1 aromatic rings. The van der Waals surface area contributed by atoms with Crippen LogP contribution in [0.3, 0.4) is 0 Å². The van der Waals surface area contributed by atoms with Crippen molar-refractivity contribution in [1.29, 1.82) is 0 Å². The molecule has 0 aliphatic heterocycles. The number of esters is 1. The Kier molecular flexibility index (Phi) is 7.15. The summed E-state index contributed by atoms with van der Waals surface area (Å²) in [4.78, 5) is 11.5. The molecule has 0 saturated carbocycles. The molecule has 0 saturated heterocycles. The van der Waals surface area contributed by atoms with Gasteiger partial charge in [-0.15, -0.1) is 12.4 Å². The van der Waals surface area contributed by atoms with Crippen LogP contribution >= 0.6 is 12.4 Å². The van der Waals surface area contributed by atoms with Crippen molar-refractivity contribution in [1.82, 2.24) is 4.72 Å². The maximum absolute atomic E-state index is 12.1. The zero-order valence-electron chi connectivity index (χ0n) is 11.5. The van der Waals surface area contributed by atoms with Gasteiger partial charge >= 0.3 is 5.97 Å². The summed E-state index contributed by atoms with van der Waals surface area (Å²) in [6.07, 6.45) is 0. The normalized spacial score (nSPS) is 12.4. The molecule has 1 atom stereocenters. The fourth-order valence-electron chi connectivity index (χ4n) is 1.48. The van der Waals surface area contributed by atoms with Crippen LogP contribution in [0.4, 0.5) is 0 Å². The van der Waals surface area contributed by atoms with Crippen LogP contribution in [0.1, 0.15) is 22.8 Å². The molecule has 114 valence electrons. The number of aryl methyl sites for hydroxylation is 1. The molecule has 20 heavy (non-hydrogen) atoms. The Bertz CT molecular complexity index is 575. The minimum absolute atomic E-state index is 0. The summed E-state index contributed by atoms with van der Waals surface area (Å²) in [5.74, 6) is -0.568. The van der Waals surface area contributed by atoms with Crippen LogP contribution in [-0.4, -0.2) is 34.1 Å². The Balaban J connectivity index is 0.00000361. The molecule has 0 spiro atoms. The molecule has 8 heteroatoms. The number of hydrogen-bond donors (Lipinski definition) is 2. The zero-order valence-corrected chi connectivity index (χ0v) is 13.2. The first kappa shape index (κ1) is 18.9. The SMILES string of the molecule is COC(=O)c1cc(S(=O)(=O)N[C@@H](C)CN)ccc1C.Cl. The zero-order chi connectivity index (χ0) is 14.6. The van der Waals surface area contributed by atoms with Gasteiger partial charge in [0.2, 0.25) is 10.0 Å². The Morgan fingerprint density at radius 3 is 2.55 bits per heavy atom. The topological polar surface area (TPSA) is 98.5 Å². The van der Waals surface area contributed by atoms with Crippen molar-refractivity contribution in [2.45, 2.75) is 24.8 Å². The van der Waals surface area contributed by atoms with Crippen molar-refractivity contribution >= 4 is 28.4 Å². The Labute approximate surface area is 125 Å². The lowest BCUT2D eigenvalue weighted by atomic mass is 10.1. The third-order valence-electron chi connectivity index (χ3n) is 2.63. The second-order valence-corrected chi connectivity index (χ2v) is 5.94. The predicted molar refractivity (Wildman–Crippen MR) is 78.6 cm³/mol. The number of halogens is 1. The average Bonchev–Trinajstić information content (AvgIpc) is 2.37. The summed E-state index contributed by atoms with van der Waals surface area (Å²) in [5.41, 5.74) is 6.26. The van der Waals surface area contributed by atoms with Crippen LogP contribution < -0.4 is 10.5 Å². The molecule has 1 aromatic carbocycles. The van der Waals surface area contributed by atoms with E-state index in [1.807, 2.05) is 0 Å². The lowest BCUT2D eigenvalue weighted by Gasteiger charge is -2.13. The third-order valence-corrected chi connectivity index (χ3v) is 4.22. The van der Waals surface area contributed by atoms with Crippen LogP contribution in [-0.2, 0) is 14.8 Å². The molecule has 0 bridgehead atoms. The summed E-state index contributed by atoms with van der Waals surface area (Å²) in [5, 5.41) is 0. The second-order valence-electron chi connectivity index (χ2n) is 4.23. The molecule has 1 rings (SSSR count). The van der Waals surface area contributed by atoms with E-state index in [4.69, 9.17) is 5.73 Å². The van der Waals surface area contributed by atoms with Gasteiger partial charge in [-0.05, 0) is 31.5 Å². The van der Waals surface area contributed by atoms with Crippen molar-refractivity contribution in [2.75, 3.05) is 13.7 Å². The van der Waals surface area contributed by atoms with Gasteiger partial charge in [0.1, 0.15) is 0 Å². The van der Waals surface area contributed by atoms with E-state index in [9.17, 15) is 13.2 Å². The maximum atomic E-state index is 12.1. The standard InChI is InChI=1S/C12H18N2O4S.ClH/c1-8-4-5-10(6-11(8)12(15)18-3)19(16,17)14-9(2)7-13;/h4-6,9,14H,7,13H2,1-3H3;1H/t9-;/m0./s1. The molecule has 0 radical (unpaired) electrons. The van der Waals surface area contributed by atoms with Crippen LogP contribution in [0.2, 0.25) is 0 Å². The van der Waals surface area contributed by atoms with E-state index in [-0.39, 0.29) is 35.5 Å². The number of benzene rings is 1. The highest BCUT2D eigenvalue weighted by atomic mass is 35.5. The molecule has 0 aliphatic rings. The largest absolute Gasteiger partial charge is 0.465 e. The monoisotopic (exact) mass is 322 g/mol. The van der Waals surface area contributed by atoms with E-state index in [2.05, 4.69) is 9.46 Å². The highest BCUT2D eigenvalue weighted by molar-refractivity contribution is 7.89. The van der Waals surface area contributed by atoms with Gasteiger partial charge < -0.3 is 10.5 Å². The number of hydrogen-bond acceptors (Lipinski definition) is 5. The number of carbonyl (C=O) groups excluding carboxylic acids is 1. The third kappa shape index (κ3) is 4.45. The number of nitrogens with two attached hydrogens (primary N) is 1. The Morgan fingerprint density at radius 2 is 2.05 bits per heavy atom. The van der Waals surface area contributed by atoms with E-state index < -0.39 is 16.0 Å². The van der Waals surface area contributed by atoms with Gasteiger partial charge in [-0.25, -0.2) is 17.9 Å². The summed E-state index contributed by atoms with van der Waals surface area (Å²) >= 11 is 0. The summed E-state index contributed by atoms with van der Waals surface area (Å²) in [6, 6.07) is 3.92. The van der Waals surface area contributed by atoms with E-state index in [1.165, 1.54) is 19.2 Å². The van der Waals surface area contributed by atoms with E-state index in [1.54, 1.807) is 19.9 Å². The number of methoxy groups -OCH3 is 1. The minimum Gasteiger partial charge on any atom is -0.465 e. The number of rotatable bonds is 5. The smallest absolute Gasteiger partial charge is 0.338 e. The van der Waals surface area contributed by atoms with Gasteiger partial charge in [-0.2, -0.15) is 0 Å². The van der Waals surface area contributed by atoms with Gasteiger partial charge in [0.05, 0.1) is 17.6 Å². The average molecular weight is 323 g/mol. The van der Waals surface area contributed by atoms with E-state index in [0.29, 0.717) is 5.56 Å². The number of carbonyl (C=O) groups is 1. The summed E-state index contributed by atoms with van der Waals surface area (Å²) < 4.78 is 31.1. The first-order chi connectivity index (χ1) is 8.81. The molecule has 0 fully saturated rings. The molecule has 0 amide bonds. The molecule has 3 N–H and O–H groups in total. The Morgan fingerprint density at radius 1 is 1.45 bits per heavy atom. The van der Waals surface area contributed by atoms with E-state index in [0.717, 1.165) is 0 Å². The first-order valence-electron chi connectivity index (χ1n) is 5.73. The van der Waals surface area contributed by atoms with Gasteiger partial charge in [-0.3, -0.25) is 0 Å². The van der Waals surface area contributed by atoms with Gasteiger partial charge in [0.15, 0.2) is 0 Å². The lowest BCUT2D eigenvalue weighted by Crippen LogP contribution is -2.37. The van der Waals surface area contributed by atoms with Gasteiger partial charge in [-0.1, -0.05) is 6.07 Å². The second kappa shape index (κ2) is 7.58. The number of sulfonamides is 1. The van der Waals surface area contributed by atoms with Crippen molar-refractivity contribution in [2.24, 2.45) is 5.73 Å². The fraction of sp³-hybridized carbons (Fsp3) is 0.417. The molecule has 0 heterocycles. The predicted octanol–water partition coefficient (Wildman–Crippen LogP) is 0.829. The fourth-order valence-corrected chi connectivity index (χ4v) is 2.76. The van der Waals surface area contributed by atoms with Crippen molar-refractivity contribution < 1.29 is 17.9 Å². The molecular weight excluding hydrogens is 304 g/mol. The molecular formula is C12H19ClN2O4S. The lowest BCUT2D eigenvalue weighted by molar-refractivity contribution is 0.0599. The molecule has 0 aromatic heterocycles. The van der Waals surface area contributed by atoms with Crippen LogP contribution in [0.5, 0.6) is 0 Å². The van der Waals surface area contributed by atoms with Crippen molar-refractivity contribution in [3.63, 3.8) is 0 Å². The van der Waals surface area contributed by atoms with Crippen molar-refractivity contribution in [3.8, 4) is 0 Å². The number of nitrogens with one attached hydrogen (secondary N) is 1. The van der Waals surface area contributed by atoms with Crippen LogP contribution in [0.15, 0.2) is 23.1 Å². The molecule has 0 aliphatic carbocycles. The highest BCUT2D eigenvalue weighted by Gasteiger charge is 2.19. The van der Waals surface area contributed by atoms with Gasteiger partial charge in [0.25, 0.3) is 0 Å². The summed E-state index contributed by atoms with van der Waals surface area (Å²) in [6.45, 7) is 3.56. The summed E-state index contributed by atoms with van der Waals surface area (Å²) in [7, 11) is -2.44. The van der Waals surface area contributed by atoms with Crippen molar-refractivity contribution in [3.05, 3.63) is 29.3 Å². The highest BCUT2D eigenvalue weighted by Crippen LogP contribution is 2.16. The van der Waals surface area contributed by atoms with Crippen LogP contribution in [0.25, 0.3) is 0 Å². The number of ether oxygens (including phenoxy) is 1.